The number of likely N-dealkylation sites (tertiary alicyclic amines) is 1. The molecule has 2 N–H and O–H groups in total. The summed E-state index contributed by atoms with van der Waals surface area (Å²) in [5.74, 6) is -1.09. The average molecular weight is 500 g/mol. The molecule has 5 heterocycles. The number of carbonyl (C=O) groups excluding carboxylic acids is 2. The minimum Gasteiger partial charge on any atom is -0.396 e. The van der Waals surface area contributed by atoms with E-state index in [4.69, 9.17) is 0 Å². The summed E-state index contributed by atoms with van der Waals surface area (Å²) in [5.41, 5.74) is 2.91. The Balaban J connectivity index is 1.31. The lowest BCUT2D eigenvalue weighted by molar-refractivity contribution is -0.142. The number of carbonyl (C=O) groups is 2. The van der Waals surface area contributed by atoms with Gasteiger partial charge in [0.05, 0.1) is 6.04 Å². The number of amides is 2. The third-order valence-corrected chi connectivity index (χ3v) is 7.96. The van der Waals surface area contributed by atoms with Gasteiger partial charge in [-0.3, -0.25) is 24.4 Å². The van der Waals surface area contributed by atoms with Crippen LogP contribution < -0.4 is 10.9 Å². The van der Waals surface area contributed by atoms with Crippen LogP contribution in [0.3, 0.4) is 0 Å². The van der Waals surface area contributed by atoms with Crippen LogP contribution in [-0.4, -0.2) is 55.5 Å². The van der Waals surface area contributed by atoms with Crippen molar-refractivity contribution in [2.75, 3.05) is 13.2 Å². The molecule has 0 radical (unpaired) electrons. The van der Waals surface area contributed by atoms with Crippen LogP contribution in [0.1, 0.15) is 30.1 Å². The Morgan fingerprint density at radius 2 is 1.86 bits per heavy atom. The predicted molar refractivity (Wildman–Crippen MR) is 135 cm³/mol. The van der Waals surface area contributed by atoms with E-state index in [9.17, 15) is 19.5 Å². The van der Waals surface area contributed by atoms with E-state index in [0.29, 0.717) is 25.1 Å². The fraction of sp³-hybridized carbons (Fsp3) is 0.393. The van der Waals surface area contributed by atoms with Crippen molar-refractivity contribution < 1.29 is 14.7 Å². The van der Waals surface area contributed by atoms with Crippen molar-refractivity contribution in [1.82, 2.24) is 24.8 Å². The third kappa shape index (κ3) is 4.13. The second kappa shape index (κ2) is 9.55. The minimum atomic E-state index is -0.771. The summed E-state index contributed by atoms with van der Waals surface area (Å²) in [6.45, 7) is 0.534. The number of aromatic nitrogens is 3. The Morgan fingerprint density at radius 3 is 2.57 bits per heavy atom. The summed E-state index contributed by atoms with van der Waals surface area (Å²) >= 11 is 0. The van der Waals surface area contributed by atoms with Crippen molar-refractivity contribution in [3.8, 4) is 11.1 Å². The predicted octanol–water partition coefficient (Wildman–Crippen LogP) is 1.56. The van der Waals surface area contributed by atoms with Gasteiger partial charge >= 0.3 is 0 Å². The Morgan fingerprint density at radius 1 is 1.05 bits per heavy atom. The lowest BCUT2D eigenvalue weighted by Crippen LogP contribution is -2.51. The fourth-order valence-corrected chi connectivity index (χ4v) is 6.00. The first-order chi connectivity index (χ1) is 18.1. The number of rotatable bonds is 7. The molecule has 4 atom stereocenters. The summed E-state index contributed by atoms with van der Waals surface area (Å²) in [7, 11) is 0. The van der Waals surface area contributed by atoms with Gasteiger partial charge in [0, 0.05) is 79.1 Å². The van der Waals surface area contributed by atoms with Gasteiger partial charge in [-0.05, 0) is 55.2 Å². The molecule has 6 rings (SSSR count). The molecule has 2 aliphatic heterocycles. The van der Waals surface area contributed by atoms with E-state index in [2.05, 4.69) is 15.3 Å². The van der Waals surface area contributed by atoms with Gasteiger partial charge in [0.1, 0.15) is 6.04 Å². The number of hydrogen-bond donors (Lipinski definition) is 2. The molecule has 9 heteroatoms. The van der Waals surface area contributed by atoms with Gasteiger partial charge in [-0.15, -0.1) is 0 Å². The topological polar surface area (TPSA) is 117 Å². The molecule has 3 aliphatic rings. The van der Waals surface area contributed by atoms with Crippen molar-refractivity contribution in [2.24, 2.45) is 17.8 Å². The largest absolute Gasteiger partial charge is 0.396 e. The molecule has 9 nitrogen and oxygen atoms in total. The van der Waals surface area contributed by atoms with Gasteiger partial charge in [0.15, 0.2) is 0 Å². The van der Waals surface area contributed by atoms with Gasteiger partial charge in [-0.1, -0.05) is 6.07 Å². The Hall–Kier alpha value is -3.85. The monoisotopic (exact) mass is 499 g/mol. The molecule has 0 aromatic carbocycles. The third-order valence-electron chi connectivity index (χ3n) is 7.96. The summed E-state index contributed by atoms with van der Waals surface area (Å²) in [6, 6.07) is 9.92. The zero-order valence-electron chi connectivity index (χ0n) is 20.4. The number of fused-ring (bicyclic) bond motifs is 3. The number of aliphatic hydroxyl groups excluding tert-OH is 1. The van der Waals surface area contributed by atoms with Crippen LogP contribution in [0.5, 0.6) is 0 Å². The van der Waals surface area contributed by atoms with Crippen molar-refractivity contribution in [1.29, 1.82) is 0 Å². The first-order valence-corrected chi connectivity index (χ1v) is 12.8. The molecule has 2 amide bonds. The molecule has 37 heavy (non-hydrogen) atoms. The lowest BCUT2D eigenvalue weighted by Gasteiger charge is -2.31. The highest BCUT2D eigenvalue weighted by atomic mass is 16.3. The summed E-state index contributed by atoms with van der Waals surface area (Å²) in [6.07, 6.45) is 9.00. The molecule has 3 aromatic rings. The maximum absolute atomic E-state index is 13.6. The minimum absolute atomic E-state index is 0.0579. The highest BCUT2D eigenvalue weighted by Gasteiger charge is 2.58. The number of hydrogen-bond acceptors (Lipinski definition) is 6. The first kappa shape index (κ1) is 23.5. The van der Waals surface area contributed by atoms with Crippen LogP contribution in [0.4, 0.5) is 0 Å². The number of nitrogens with one attached hydrogen (secondary N) is 1. The SMILES string of the molecule is O=C(NCCc1ccncc1)[C@@H]1[C@@H](CO)[C@@H]2Cn3c(ccc(-c4cccnc4)c3=O)[C@@H]2N1C(=O)C1CC1. The Kier molecular flexibility index (Phi) is 6.08. The molecule has 1 saturated heterocycles. The van der Waals surface area contributed by atoms with Crippen LogP contribution in [0, 0.1) is 17.8 Å². The van der Waals surface area contributed by atoms with E-state index in [0.717, 1.165) is 29.7 Å². The zero-order valence-corrected chi connectivity index (χ0v) is 20.4. The van der Waals surface area contributed by atoms with Gasteiger partial charge in [-0.25, -0.2) is 0 Å². The van der Waals surface area contributed by atoms with Crippen LogP contribution in [-0.2, 0) is 22.6 Å². The van der Waals surface area contributed by atoms with E-state index in [1.807, 2.05) is 24.3 Å². The molecule has 0 spiro atoms. The van der Waals surface area contributed by atoms with Gasteiger partial charge in [0.25, 0.3) is 5.56 Å². The molecule has 0 unspecified atom stereocenters. The van der Waals surface area contributed by atoms with Crippen LogP contribution >= 0.6 is 0 Å². The number of aliphatic hydroxyl groups is 1. The standard InChI is InChI=1S/C28H29N5O4/c34-16-22-21-15-32-23(6-5-20(28(32)37)19-2-1-10-30-14-19)24(21)33(27(36)18-3-4-18)25(22)26(35)31-13-9-17-7-11-29-12-8-17/h1-2,5-8,10-12,14,18,21-22,24-25,34H,3-4,9,13,15-16H2,(H,31,35)/t21-,22-,24+,25-/m0/s1. The molecular formula is C28H29N5O4. The first-order valence-electron chi connectivity index (χ1n) is 12.8. The highest BCUT2D eigenvalue weighted by Crippen LogP contribution is 2.51. The zero-order chi connectivity index (χ0) is 25.5. The average Bonchev–Trinajstić information content (AvgIpc) is 3.63. The molecule has 1 saturated carbocycles. The van der Waals surface area contributed by atoms with Gasteiger partial charge in [0.2, 0.25) is 11.8 Å². The quantitative estimate of drug-likeness (QED) is 0.510. The normalized spacial score (nSPS) is 24.0. The van der Waals surface area contributed by atoms with Crippen LogP contribution in [0.2, 0.25) is 0 Å². The Labute approximate surface area is 214 Å². The maximum atomic E-state index is 13.6. The van der Waals surface area contributed by atoms with E-state index < -0.39 is 18.0 Å². The summed E-state index contributed by atoms with van der Waals surface area (Å²) in [5, 5.41) is 13.4. The fourth-order valence-electron chi connectivity index (χ4n) is 6.00. The van der Waals surface area contributed by atoms with Crippen molar-refractivity contribution in [3.63, 3.8) is 0 Å². The van der Waals surface area contributed by atoms with E-state index >= 15 is 0 Å². The molecule has 2 fully saturated rings. The second-order valence-electron chi connectivity index (χ2n) is 10.1. The molecule has 0 bridgehead atoms. The number of nitrogens with zero attached hydrogens (tertiary/aromatic N) is 4. The Bertz CT molecular complexity index is 1370. The lowest BCUT2D eigenvalue weighted by atomic mass is 9.88. The second-order valence-corrected chi connectivity index (χ2v) is 10.1. The van der Waals surface area contributed by atoms with Crippen molar-refractivity contribution >= 4 is 11.8 Å². The van der Waals surface area contributed by atoms with E-state index in [-0.39, 0.29) is 35.8 Å². The summed E-state index contributed by atoms with van der Waals surface area (Å²) < 4.78 is 1.71. The smallest absolute Gasteiger partial charge is 0.258 e. The van der Waals surface area contributed by atoms with Gasteiger partial charge in [-0.2, -0.15) is 0 Å². The molecule has 3 aromatic heterocycles. The maximum Gasteiger partial charge on any atom is 0.258 e. The molecule has 1 aliphatic carbocycles. The van der Waals surface area contributed by atoms with Crippen molar-refractivity contribution in [3.05, 3.63) is 82.8 Å². The van der Waals surface area contributed by atoms with Crippen LogP contribution in [0.25, 0.3) is 11.1 Å². The van der Waals surface area contributed by atoms with Crippen LogP contribution in [0.15, 0.2) is 66.0 Å². The number of pyridine rings is 3. The molecule has 190 valence electrons. The van der Waals surface area contributed by atoms with Gasteiger partial charge < -0.3 is 19.9 Å². The highest BCUT2D eigenvalue weighted by molar-refractivity contribution is 5.91. The van der Waals surface area contributed by atoms with E-state index in [1.165, 1.54) is 0 Å². The molecular weight excluding hydrogens is 470 g/mol. The van der Waals surface area contributed by atoms with E-state index in [1.54, 1.807) is 46.4 Å². The van der Waals surface area contributed by atoms with Crippen molar-refractivity contribution in [2.45, 2.75) is 37.9 Å². The summed E-state index contributed by atoms with van der Waals surface area (Å²) in [4.78, 5) is 50.4.